The fraction of sp³-hybridized carbons (Fsp3) is 0. The van der Waals surface area contributed by atoms with Gasteiger partial charge in [0.25, 0.3) is 0 Å². The first-order chi connectivity index (χ1) is 51.1. The lowest BCUT2D eigenvalue weighted by molar-refractivity contribution is 1.06. The Morgan fingerprint density at radius 2 is 0.548 bits per heavy atom. The molecule has 0 unspecified atom stereocenters. The lowest BCUT2D eigenvalue weighted by Crippen LogP contribution is -2.06. The molecule has 16 aromatic rings. The lowest BCUT2D eigenvalue weighted by Gasteiger charge is -2.21. The van der Waals surface area contributed by atoms with E-state index >= 15 is 0 Å². The summed E-state index contributed by atoms with van der Waals surface area (Å²) < 4.78 is 4.38. The fourth-order valence-corrected chi connectivity index (χ4v) is 14.1. The van der Waals surface area contributed by atoms with Crippen molar-refractivity contribution in [2.45, 2.75) is 0 Å². The van der Waals surface area contributed by atoms with Crippen LogP contribution in [0, 0.1) is 102 Å². The largest absolute Gasteiger partial charge is 0.309 e. The second kappa shape index (κ2) is 26.0. The van der Waals surface area contributed by atoms with Gasteiger partial charge in [-0.15, -0.1) is 0 Å². The van der Waals surface area contributed by atoms with Gasteiger partial charge in [0.2, 0.25) is 0 Å². The number of rotatable bonds is 11. The predicted octanol–water partition coefficient (Wildman–Crippen LogP) is 19.9. The Bertz CT molecular complexity index is 6470. The van der Waals surface area contributed by atoms with E-state index in [0.29, 0.717) is 129 Å². The minimum Gasteiger partial charge on any atom is -0.309 e. The highest BCUT2D eigenvalue weighted by Gasteiger charge is 2.28. The predicted molar refractivity (Wildman–Crippen MR) is 400 cm³/mol. The van der Waals surface area contributed by atoms with Gasteiger partial charge in [0.15, 0.2) is 17.5 Å². The van der Waals surface area contributed by atoms with Crippen LogP contribution in [0.3, 0.4) is 0 Å². The van der Waals surface area contributed by atoms with Crippen LogP contribution in [0.5, 0.6) is 0 Å². The van der Waals surface area contributed by atoms with Gasteiger partial charge in [-0.1, -0.05) is 140 Å². The van der Waals surface area contributed by atoms with Crippen LogP contribution in [-0.2, 0) is 0 Å². The van der Waals surface area contributed by atoms with E-state index in [2.05, 4.69) is 82.0 Å². The Hall–Kier alpha value is -16.1. The van der Waals surface area contributed by atoms with Crippen LogP contribution >= 0.6 is 0 Å². The highest BCUT2D eigenvalue weighted by atomic mass is 15.1. The topological polar surface area (TPSA) is 263 Å². The van der Waals surface area contributed by atoms with Crippen LogP contribution in [0.1, 0.15) is 50.1 Å². The van der Waals surface area contributed by atoms with E-state index in [-0.39, 0.29) is 0 Å². The van der Waals surface area contributed by atoms with Gasteiger partial charge in [0.1, 0.15) is 0 Å². The lowest BCUT2D eigenvalue weighted by atomic mass is 9.92. The first-order valence-corrected chi connectivity index (χ1v) is 32.7. The fourth-order valence-electron chi connectivity index (χ4n) is 14.1. The zero-order valence-corrected chi connectivity index (χ0v) is 54.7. The molecule has 0 aliphatic heterocycles. The minimum atomic E-state index is 0.310. The van der Waals surface area contributed by atoms with E-state index in [1.165, 1.54) is 0 Å². The molecule has 0 amide bonds. The van der Waals surface area contributed by atoms with Crippen molar-refractivity contribution in [3.8, 4) is 167 Å². The van der Waals surface area contributed by atoms with Crippen molar-refractivity contribution >= 4 is 43.6 Å². The minimum absolute atomic E-state index is 0.310. The average Bonchev–Trinajstić information content (AvgIpc) is 1.54. The second-order valence-corrected chi connectivity index (χ2v) is 24.7. The molecule has 14 heteroatoms. The van der Waals surface area contributed by atoms with E-state index in [1.54, 1.807) is 78.9 Å². The van der Waals surface area contributed by atoms with Gasteiger partial charge in [-0.3, -0.25) is 0 Å². The Balaban J connectivity index is 1.05. The number of aromatic nitrogens is 5. The van der Waals surface area contributed by atoms with Gasteiger partial charge >= 0.3 is 0 Å². The Morgan fingerprint density at radius 1 is 0.212 bits per heavy atom. The van der Waals surface area contributed by atoms with Crippen molar-refractivity contribution in [2.24, 2.45) is 0 Å². The van der Waals surface area contributed by atoms with Crippen molar-refractivity contribution in [3.63, 3.8) is 0 Å². The molecule has 0 atom stereocenters. The molecule has 3 aromatic heterocycles. The Labute approximate surface area is 595 Å². The number of nitriles is 9. The summed E-state index contributed by atoms with van der Waals surface area (Å²) in [4.78, 5) is 16.3. The summed E-state index contributed by atoms with van der Waals surface area (Å²) in [5.41, 5.74) is 17.8. The molecule has 0 saturated heterocycles. The molecule has 0 aliphatic carbocycles. The van der Waals surface area contributed by atoms with Crippen LogP contribution in [0.2, 0.25) is 0 Å². The van der Waals surface area contributed by atoms with Gasteiger partial charge in [0, 0.05) is 38.2 Å². The molecule has 16 rings (SSSR count). The molecule has 0 aliphatic rings. The molecule has 0 saturated carbocycles. The van der Waals surface area contributed by atoms with E-state index < -0.39 is 0 Å². The van der Waals surface area contributed by atoms with Crippen molar-refractivity contribution in [1.29, 1.82) is 47.4 Å². The van der Waals surface area contributed by atoms with Crippen LogP contribution in [0.15, 0.2) is 267 Å². The molecule has 0 fully saturated rings. The third-order valence-corrected chi connectivity index (χ3v) is 18.9. The van der Waals surface area contributed by atoms with E-state index in [0.717, 1.165) is 77.0 Å². The monoisotopic (exact) mass is 1320 g/mol. The molecule has 474 valence electrons. The zero-order chi connectivity index (χ0) is 71.1. The SMILES string of the molecule is N#Cc1cccc(-c2ccc(-n3c4ccc(-c5ccc(C#N)cc5C#N)cc4c4cc(-c5ccc(C#N)cc5C#N)ccc43)c(-c3cccc(-n4c5ccc(-c6ccc(C#N)cc6C#N)cc5c5cc(-c6ccc(C#N)cc6C#N)ccc54)c3-c3nc(-c4ccccc4)nc(-c4ccccc4)n3)c2)c1. The molecule has 0 spiro atoms. The maximum atomic E-state index is 10.6. The maximum Gasteiger partial charge on any atom is 0.166 e. The number of benzene rings is 13. The van der Waals surface area contributed by atoms with Crippen molar-refractivity contribution in [2.75, 3.05) is 0 Å². The standard InChI is InChI=1S/C90H44N14/c91-45-54-9-7-14-61(35-54)62-21-30-81(103-82-31-22-63(71-26-17-55(46-92)36-67(71)50-96)41-77(82)78-42-64(23-32-83(78)103)72-27-18-56(47-93)37-68(72)51-97)76(40-62)75-15-8-16-86(87(75)90-101-88(59-10-3-1-4-11-59)100-89(102-90)60-12-5-2-6-13-60)104-84-33-24-65(73-28-19-57(48-94)38-69(73)52-98)43-79(84)80-44-66(25-34-85(80)104)74-29-20-58(49-95)39-70(74)53-99/h1-44H. The van der Waals surface area contributed by atoms with Crippen molar-refractivity contribution < 1.29 is 0 Å². The number of hydrogen-bond donors (Lipinski definition) is 0. The van der Waals surface area contributed by atoms with Crippen LogP contribution in [-0.4, -0.2) is 24.1 Å². The van der Waals surface area contributed by atoms with Gasteiger partial charge in [-0.05, 0) is 189 Å². The average molecular weight is 1320 g/mol. The van der Waals surface area contributed by atoms with Crippen LogP contribution in [0.4, 0.5) is 0 Å². The van der Waals surface area contributed by atoms with Gasteiger partial charge in [-0.25, -0.2) is 15.0 Å². The number of nitrogens with zero attached hydrogens (tertiary/aromatic N) is 14. The smallest absolute Gasteiger partial charge is 0.166 e. The third kappa shape index (κ3) is 10.8. The second-order valence-electron chi connectivity index (χ2n) is 24.7. The van der Waals surface area contributed by atoms with Crippen molar-refractivity contribution in [1.82, 2.24) is 24.1 Å². The van der Waals surface area contributed by atoms with Crippen LogP contribution < -0.4 is 0 Å². The Kier molecular flexibility index (Phi) is 15.7. The molecule has 14 nitrogen and oxygen atoms in total. The van der Waals surface area contributed by atoms with E-state index in [9.17, 15) is 47.4 Å². The third-order valence-electron chi connectivity index (χ3n) is 18.9. The first-order valence-electron chi connectivity index (χ1n) is 32.7. The van der Waals surface area contributed by atoms with E-state index in [1.807, 2.05) is 170 Å². The van der Waals surface area contributed by atoms with Crippen LogP contribution in [0.25, 0.3) is 156 Å². The summed E-state index contributed by atoms with van der Waals surface area (Å²) in [5.74, 6) is 1.11. The summed E-state index contributed by atoms with van der Waals surface area (Å²) in [6.07, 6.45) is 0. The summed E-state index contributed by atoms with van der Waals surface area (Å²) in [5, 5.41) is 95.7. The molecule has 104 heavy (non-hydrogen) atoms. The zero-order valence-electron chi connectivity index (χ0n) is 54.7. The molecular formula is C90H44N14. The Morgan fingerprint density at radius 3 is 0.933 bits per heavy atom. The van der Waals surface area contributed by atoms with E-state index in [4.69, 9.17) is 15.0 Å². The summed E-state index contributed by atoms with van der Waals surface area (Å²) in [6.45, 7) is 0. The molecular weight excluding hydrogens is 1280 g/mol. The molecule has 0 N–H and O–H groups in total. The quantitative estimate of drug-likeness (QED) is 0.117. The van der Waals surface area contributed by atoms with Gasteiger partial charge in [-0.2, -0.15) is 47.4 Å². The molecule has 0 radical (unpaired) electrons. The van der Waals surface area contributed by atoms with Crippen molar-refractivity contribution in [3.05, 3.63) is 317 Å². The summed E-state index contributed by atoms with van der Waals surface area (Å²) >= 11 is 0. The molecule has 0 bridgehead atoms. The van der Waals surface area contributed by atoms with Gasteiger partial charge in [0.05, 0.1) is 144 Å². The first kappa shape index (κ1) is 62.7. The summed E-state index contributed by atoms with van der Waals surface area (Å²) in [6, 6.07) is 104. The normalized spacial score (nSPS) is 10.8. The van der Waals surface area contributed by atoms with Gasteiger partial charge < -0.3 is 9.13 Å². The summed E-state index contributed by atoms with van der Waals surface area (Å²) in [7, 11) is 0. The highest BCUT2D eigenvalue weighted by Crippen LogP contribution is 2.48. The molecule has 13 aromatic carbocycles. The molecule has 3 heterocycles. The number of hydrogen-bond acceptors (Lipinski definition) is 12. The number of fused-ring (bicyclic) bond motifs is 6. The maximum absolute atomic E-state index is 10.6. The highest BCUT2D eigenvalue weighted by molar-refractivity contribution is 6.15.